The van der Waals surface area contributed by atoms with Gasteiger partial charge in [0.2, 0.25) is 0 Å². The molecule has 1 aliphatic rings. The molecule has 24 heavy (non-hydrogen) atoms. The van der Waals surface area contributed by atoms with Gasteiger partial charge in [-0.1, -0.05) is 36.4 Å². The summed E-state index contributed by atoms with van der Waals surface area (Å²) < 4.78 is 5.37. The topological polar surface area (TPSA) is 47.6 Å². The number of hydrogen-bond donors (Lipinski definition) is 1. The van der Waals surface area contributed by atoms with Gasteiger partial charge < -0.3 is 9.57 Å². The number of hydrogen-bond acceptors (Lipinski definition) is 4. The van der Waals surface area contributed by atoms with E-state index >= 15 is 0 Å². The van der Waals surface area contributed by atoms with Crippen LogP contribution in [0.15, 0.2) is 48.5 Å². The largest absolute Gasteiger partial charge is 0.497 e. The molecule has 4 nitrogen and oxygen atoms in total. The molecule has 0 heterocycles. The van der Waals surface area contributed by atoms with Gasteiger partial charge in [-0.25, -0.2) is 0 Å². The molecule has 3 rings (SSSR count). The summed E-state index contributed by atoms with van der Waals surface area (Å²) in [6.45, 7) is 2.05. The van der Waals surface area contributed by atoms with E-state index in [4.69, 9.17) is 9.57 Å². The van der Waals surface area contributed by atoms with Crippen molar-refractivity contribution in [1.82, 2.24) is 5.48 Å². The second-order valence-corrected chi connectivity index (χ2v) is 6.19. The standard InChI is InChI=1S/C20H23NO3/c1-14(22)24-21-13-17-9-8-16-12-18(23-2)10-11-19(16)20(17)15-6-4-3-5-7-15/h3-7,10-12,17,20-21H,8-9,13H2,1-2H3. The first-order chi connectivity index (χ1) is 11.7. The third kappa shape index (κ3) is 3.60. The van der Waals surface area contributed by atoms with Crippen molar-refractivity contribution in [3.63, 3.8) is 0 Å². The molecule has 0 aromatic heterocycles. The van der Waals surface area contributed by atoms with Crippen LogP contribution < -0.4 is 10.2 Å². The van der Waals surface area contributed by atoms with Crippen LogP contribution in [-0.4, -0.2) is 19.6 Å². The van der Waals surface area contributed by atoms with Crippen LogP contribution in [0, 0.1) is 5.92 Å². The van der Waals surface area contributed by atoms with E-state index in [-0.39, 0.29) is 11.9 Å². The quantitative estimate of drug-likeness (QED) is 0.855. The average molecular weight is 325 g/mol. The Kier molecular flexibility index (Phi) is 5.16. The molecular formula is C20H23NO3. The number of carbonyl (C=O) groups is 1. The molecule has 2 atom stereocenters. The zero-order valence-electron chi connectivity index (χ0n) is 14.1. The number of aryl methyl sites for hydroxylation is 1. The number of ether oxygens (including phenoxy) is 1. The van der Waals surface area contributed by atoms with Crippen LogP contribution >= 0.6 is 0 Å². The van der Waals surface area contributed by atoms with Crippen molar-refractivity contribution in [3.8, 4) is 5.75 Å². The maximum atomic E-state index is 11.0. The van der Waals surface area contributed by atoms with Crippen molar-refractivity contribution < 1.29 is 14.4 Å². The zero-order valence-corrected chi connectivity index (χ0v) is 14.1. The van der Waals surface area contributed by atoms with Gasteiger partial charge in [-0.3, -0.25) is 4.79 Å². The lowest BCUT2D eigenvalue weighted by Gasteiger charge is -2.34. The Bertz CT molecular complexity index is 699. The van der Waals surface area contributed by atoms with Gasteiger partial charge in [0, 0.05) is 19.4 Å². The minimum absolute atomic E-state index is 0.281. The number of methoxy groups -OCH3 is 1. The SMILES string of the molecule is COc1ccc2c(c1)CCC(CNOC(C)=O)C2c1ccccc1. The highest BCUT2D eigenvalue weighted by Gasteiger charge is 2.31. The van der Waals surface area contributed by atoms with E-state index in [1.165, 1.54) is 23.6 Å². The lowest BCUT2D eigenvalue weighted by Crippen LogP contribution is -2.32. The Morgan fingerprint density at radius 3 is 2.71 bits per heavy atom. The first kappa shape index (κ1) is 16.5. The highest BCUT2D eigenvalue weighted by atomic mass is 16.7. The molecule has 0 aliphatic heterocycles. The molecule has 0 amide bonds. The molecule has 0 fully saturated rings. The number of hydroxylamine groups is 1. The molecule has 126 valence electrons. The Labute approximate surface area is 142 Å². The summed E-state index contributed by atoms with van der Waals surface area (Å²) in [4.78, 5) is 16.0. The predicted molar refractivity (Wildman–Crippen MR) is 92.9 cm³/mol. The fraction of sp³-hybridized carbons (Fsp3) is 0.350. The van der Waals surface area contributed by atoms with Gasteiger partial charge in [0.05, 0.1) is 7.11 Å². The summed E-state index contributed by atoms with van der Waals surface area (Å²) in [5.41, 5.74) is 6.80. The Hall–Kier alpha value is -2.33. The van der Waals surface area contributed by atoms with Gasteiger partial charge in [-0.15, -0.1) is 0 Å². The summed E-state index contributed by atoms with van der Waals surface area (Å²) >= 11 is 0. The summed E-state index contributed by atoms with van der Waals surface area (Å²) in [7, 11) is 1.70. The average Bonchev–Trinajstić information content (AvgIpc) is 2.61. The molecule has 2 aromatic carbocycles. The summed E-state index contributed by atoms with van der Waals surface area (Å²) in [5, 5.41) is 0. The molecule has 1 N–H and O–H groups in total. The second kappa shape index (κ2) is 7.49. The molecule has 0 saturated carbocycles. The number of nitrogens with one attached hydrogen (secondary N) is 1. The number of fused-ring (bicyclic) bond motifs is 1. The second-order valence-electron chi connectivity index (χ2n) is 6.19. The van der Waals surface area contributed by atoms with Gasteiger partial charge in [-0.2, -0.15) is 5.48 Å². The molecule has 0 saturated heterocycles. The molecule has 0 radical (unpaired) electrons. The van der Waals surface area contributed by atoms with Gasteiger partial charge in [0.25, 0.3) is 0 Å². The fourth-order valence-corrected chi connectivity index (χ4v) is 3.57. The first-order valence-electron chi connectivity index (χ1n) is 8.31. The van der Waals surface area contributed by atoms with Crippen LogP contribution in [0.3, 0.4) is 0 Å². The summed E-state index contributed by atoms with van der Waals surface area (Å²) in [5.74, 6) is 1.24. The van der Waals surface area contributed by atoms with Crippen LogP contribution in [-0.2, 0) is 16.1 Å². The molecule has 4 heteroatoms. The zero-order chi connectivity index (χ0) is 16.9. The van der Waals surface area contributed by atoms with Crippen LogP contribution in [0.2, 0.25) is 0 Å². The smallest absolute Gasteiger partial charge is 0.321 e. The van der Waals surface area contributed by atoms with Crippen molar-refractivity contribution in [3.05, 3.63) is 65.2 Å². The van der Waals surface area contributed by atoms with Crippen molar-refractivity contribution in [2.24, 2.45) is 5.92 Å². The summed E-state index contributed by atoms with van der Waals surface area (Å²) in [6.07, 6.45) is 2.04. The Morgan fingerprint density at radius 2 is 2.00 bits per heavy atom. The third-order valence-electron chi connectivity index (χ3n) is 4.66. The molecule has 0 bridgehead atoms. The van der Waals surface area contributed by atoms with Crippen LogP contribution in [0.1, 0.15) is 36.0 Å². The monoisotopic (exact) mass is 325 g/mol. The highest BCUT2D eigenvalue weighted by Crippen LogP contribution is 2.41. The molecule has 0 spiro atoms. The Balaban J connectivity index is 1.91. The van der Waals surface area contributed by atoms with Crippen molar-refractivity contribution >= 4 is 5.97 Å². The minimum Gasteiger partial charge on any atom is -0.497 e. The van der Waals surface area contributed by atoms with E-state index in [1.807, 2.05) is 12.1 Å². The van der Waals surface area contributed by atoms with Crippen molar-refractivity contribution in [1.29, 1.82) is 0 Å². The third-order valence-corrected chi connectivity index (χ3v) is 4.66. The lowest BCUT2D eigenvalue weighted by atomic mass is 9.72. The lowest BCUT2D eigenvalue weighted by molar-refractivity contribution is -0.148. The van der Waals surface area contributed by atoms with Crippen LogP contribution in [0.5, 0.6) is 5.75 Å². The predicted octanol–water partition coefficient (Wildman–Crippen LogP) is 3.46. The van der Waals surface area contributed by atoms with Crippen LogP contribution in [0.4, 0.5) is 0 Å². The van der Waals surface area contributed by atoms with Crippen molar-refractivity contribution in [2.75, 3.05) is 13.7 Å². The van der Waals surface area contributed by atoms with Crippen LogP contribution in [0.25, 0.3) is 0 Å². The Morgan fingerprint density at radius 1 is 1.21 bits per heavy atom. The van der Waals surface area contributed by atoms with Gasteiger partial charge in [0.1, 0.15) is 5.75 Å². The van der Waals surface area contributed by atoms with E-state index in [0.717, 1.165) is 18.6 Å². The maximum absolute atomic E-state index is 11.0. The number of rotatable bonds is 5. The molecular weight excluding hydrogens is 302 g/mol. The molecule has 1 aliphatic carbocycles. The fourth-order valence-electron chi connectivity index (χ4n) is 3.57. The van der Waals surface area contributed by atoms with Crippen molar-refractivity contribution in [2.45, 2.75) is 25.7 Å². The summed E-state index contributed by atoms with van der Waals surface area (Å²) in [6, 6.07) is 16.9. The van der Waals surface area contributed by atoms with Gasteiger partial charge >= 0.3 is 5.97 Å². The first-order valence-corrected chi connectivity index (χ1v) is 8.31. The van der Waals surface area contributed by atoms with Gasteiger partial charge in [0.15, 0.2) is 0 Å². The minimum atomic E-state index is -0.313. The van der Waals surface area contributed by atoms with E-state index in [2.05, 4.69) is 41.9 Å². The van der Waals surface area contributed by atoms with Gasteiger partial charge in [-0.05, 0) is 47.6 Å². The van der Waals surface area contributed by atoms with E-state index < -0.39 is 0 Å². The number of benzene rings is 2. The maximum Gasteiger partial charge on any atom is 0.321 e. The highest BCUT2D eigenvalue weighted by molar-refractivity contribution is 5.65. The number of carbonyl (C=O) groups excluding carboxylic acids is 1. The van der Waals surface area contributed by atoms with E-state index in [0.29, 0.717) is 12.5 Å². The normalized spacial score (nSPS) is 19.4. The van der Waals surface area contributed by atoms with E-state index in [9.17, 15) is 4.79 Å². The van der Waals surface area contributed by atoms with E-state index in [1.54, 1.807) is 7.11 Å². The molecule has 2 unspecified atom stereocenters. The molecule has 2 aromatic rings.